The number of carbonyl (C=O) groups is 1. The molecule has 7 nitrogen and oxygen atoms in total. The van der Waals surface area contributed by atoms with Gasteiger partial charge in [0.05, 0.1) is 17.7 Å². The minimum atomic E-state index is -3.86. The second-order valence-corrected chi connectivity index (χ2v) is 10.8. The molecule has 0 spiro atoms. The number of nitrogens with one attached hydrogen (secondary N) is 1. The van der Waals surface area contributed by atoms with Gasteiger partial charge in [0, 0.05) is 23.4 Å². The maximum absolute atomic E-state index is 13.5. The molecule has 5 aromatic rings. The van der Waals surface area contributed by atoms with Gasteiger partial charge in [-0.3, -0.25) is 4.79 Å². The van der Waals surface area contributed by atoms with Crippen LogP contribution in [0, 0.1) is 0 Å². The average Bonchev–Trinajstić information content (AvgIpc) is 3.53. The van der Waals surface area contributed by atoms with E-state index in [1.165, 1.54) is 11.4 Å². The number of carbonyl (C=O) groups excluding carboxylic acids is 1. The van der Waals surface area contributed by atoms with Crippen LogP contribution in [-0.4, -0.2) is 38.3 Å². The first kappa shape index (κ1) is 22.6. The second kappa shape index (κ2) is 8.65. The predicted octanol–water partition coefficient (Wildman–Crippen LogP) is 5.54. The van der Waals surface area contributed by atoms with Crippen molar-refractivity contribution in [1.29, 1.82) is 0 Å². The molecule has 6 rings (SSSR count). The Bertz CT molecular complexity index is 1740. The summed E-state index contributed by atoms with van der Waals surface area (Å²) in [4.78, 5) is 13.6. The number of sulfonamides is 1. The van der Waals surface area contributed by atoms with Crippen LogP contribution in [0.15, 0.2) is 88.2 Å². The third kappa shape index (κ3) is 3.70. The Labute approximate surface area is 208 Å². The molecule has 1 aliphatic heterocycles. The van der Waals surface area contributed by atoms with Crippen LogP contribution < -0.4 is 10.1 Å². The summed E-state index contributed by atoms with van der Waals surface area (Å²) in [5.74, 6) is 0.0787. The largest absolute Gasteiger partial charge is 0.495 e. The fourth-order valence-electron chi connectivity index (χ4n) is 4.99. The Kier molecular flexibility index (Phi) is 5.43. The Morgan fingerprint density at radius 3 is 2.56 bits per heavy atom. The summed E-state index contributed by atoms with van der Waals surface area (Å²) in [7, 11) is -2.33. The number of anilines is 1. The molecule has 182 valence electrons. The number of fused-ring (bicyclic) bond motifs is 4. The normalized spacial score (nSPS) is 16.6. The molecule has 0 radical (unpaired) electrons. The van der Waals surface area contributed by atoms with Gasteiger partial charge in [0.2, 0.25) is 15.9 Å². The molecular weight excluding hydrogens is 476 g/mol. The van der Waals surface area contributed by atoms with Gasteiger partial charge in [-0.2, -0.15) is 4.31 Å². The van der Waals surface area contributed by atoms with E-state index in [1.54, 1.807) is 24.3 Å². The first-order valence-corrected chi connectivity index (χ1v) is 13.2. The summed E-state index contributed by atoms with van der Waals surface area (Å²) < 4.78 is 39.9. The van der Waals surface area contributed by atoms with E-state index >= 15 is 0 Å². The van der Waals surface area contributed by atoms with Crippen LogP contribution in [0.3, 0.4) is 0 Å². The molecule has 4 aromatic carbocycles. The van der Waals surface area contributed by atoms with Crippen molar-refractivity contribution in [3.05, 3.63) is 78.9 Å². The Hall–Kier alpha value is -3.88. The number of amides is 1. The van der Waals surface area contributed by atoms with E-state index < -0.39 is 22.0 Å². The summed E-state index contributed by atoms with van der Waals surface area (Å²) >= 11 is 0. The zero-order valence-electron chi connectivity index (χ0n) is 19.6. The van der Waals surface area contributed by atoms with Gasteiger partial charge >= 0.3 is 0 Å². The van der Waals surface area contributed by atoms with Gasteiger partial charge in [-0.25, -0.2) is 8.42 Å². The lowest BCUT2D eigenvalue weighted by Gasteiger charge is -2.24. The predicted molar refractivity (Wildman–Crippen MR) is 140 cm³/mol. The molecule has 1 atom stereocenters. The van der Waals surface area contributed by atoms with Crippen LogP contribution in [0.25, 0.3) is 32.7 Å². The van der Waals surface area contributed by atoms with Crippen molar-refractivity contribution in [2.75, 3.05) is 19.0 Å². The van der Waals surface area contributed by atoms with Crippen LogP contribution in [0.5, 0.6) is 5.75 Å². The van der Waals surface area contributed by atoms with Gasteiger partial charge in [0.15, 0.2) is 0 Å². The number of nitrogens with zero attached hydrogens (tertiary/aromatic N) is 1. The lowest BCUT2D eigenvalue weighted by atomic mass is 10.1. The molecule has 0 unspecified atom stereocenters. The molecule has 2 heterocycles. The average molecular weight is 501 g/mol. The summed E-state index contributed by atoms with van der Waals surface area (Å²) in [6.45, 7) is 0.285. The first-order chi connectivity index (χ1) is 17.5. The van der Waals surface area contributed by atoms with Gasteiger partial charge in [-0.05, 0) is 47.9 Å². The van der Waals surface area contributed by atoms with Crippen LogP contribution >= 0.6 is 0 Å². The molecule has 0 bridgehead atoms. The third-order valence-electron chi connectivity index (χ3n) is 6.79. The third-order valence-corrected chi connectivity index (χ3v) is 8.69. The molecule has 1 saturated heterocycles. The maximum atomic E-state index is 13.5. The fourth-order valence-corrected chi connectivity index (χ4v) is 6.68. The smallest absolute Gasteiger partial charge is 0.243 e. The lowest BCUT2D eigenvalue weighted by molar-refractivity contribution is -0.119. The highest BCUT2D eigenvalue weighted by Gasteiger charge is 2.39. The number of hydrogen-bond donors (Lipinski definition) is 1. The number of para-hydroxylation sites is 1. The van der Waals surface area contributed by atoms with E-state index in [4.69, 9.17) is 9.15 Å². The number of furan rings is 1. The lowest BCUT2D eigenvalue weighted by Crippen LogP contribution is -2.43. The molecule has 0 saturated carbocycles. The molecule has 1 aliphatic rings. The highest BCUT2D eigenvalue weighted by atomic mass is 32.2. The van der Waals surface area contributed by atoms with Crippen molar-refractivity contribution in [1.82, 2.24) is 4.31 Å². The molecule has 0 aliphatic carbocycles. The quantitative estimate of drug-likeness (QED) is 0.342. The van der Waals surface area contributed by atoms with Crippen molar-refractivity contribution < 1.29 is 22.4 Å². The maximum Gasteiger partial charge on any atom is 0.243 e. The summed E-state index contributed by atoms with van der Waals surface area (Å²) in [5.41, 5.74) is 1.78. The molecule has 8 heteroatoms. The van der Waals surface area contributed by atoms with Gasteiger partial charge in [-0.15, -0.1) is 0 Å². The monoisotopic (exact) mass is 500 g/mol. The summed E-state index contributed by atoms with van der Waals surface area (Å²) in [5, 5.41) is 6.52. The zero-order chi connectivity index (χ0) is 24.9. The van der Waals surface area contributed by atoms with Gasteiger partial charge in [0.1, 0.15) is 23.0 Å². The number of ether oxygens (including phenoxy) is 1. The highest BCUT2D eigenvalue weighted by molar-refractivity contribution is 7.89. The van der Waals surface area contributed by atoms with Crippen molar-refractivity contribution in [3.63, 3.8) is 0 Å². The van der Waals surface area contributed by atoms with Crippen LogP contribution in [-0.2, 0) is 14.8 Å². The number of hydrogen-bond acceptors (Lipinski definition) is 5. The molecule has 1 fully saturated rings. The Morgan fingerprint density at radius 2 is 1.72 bits per heavy atom. The van der Waals surface area contributed by atoms with E-state index in [0.29, 0.717) is 29.9 Å². The van der Waals surface area contributed by atoms with E-state index in [-0.39, 0.29) is 11.4 Å². The fraction of sp³-hybridized carbons (Fsp3) is 0.179. The molecule has 1 N–H and O–H groups in total. The van der Waals surface area contributed by atoms with Crippen molar-refractivity contribution in [3.8, 4) is 5.75 Å². The molecule has 1 aromatic heterocycles. The minimum absolute atomic E-state index is 0.183. The van der Waals surface area contributed by atoms with Gasteiger partial charge in [0.25, 0.3) is 0 Å². The van der Waals surface area contributed by atoms with Gasteiger partial charge in [-0.1, -0.05) is 48.5 Å². The van der Waals surface area contributed by atoms with E-state index in [9.17, 15) is 13.2 Å². The van der Waals surface area contributed by atoms with Crippen molar-refractivity contribution in [2.45, 2.75) is 23.8 Å². The van der Waals surface area contributed by atoms with Crippen LogP contribution in [0.1, 0.15) is 12.8 Å². The summed E-state index contributed by atoms with van der Waals surface area (Å²) in [6, 6.07) is 23.1. The van der Waals surface area contributed by atoms with E-state index in [1.807, 2.05) is 54.6 Å². The topological polar surface area (TPSA) is 88.9 Å². The number of methoxy groups -OCH3 is 1. The molecule has 36 heavy (non-hydrogen) atoms. The second-order valence-electron chi connectivity index (χ2n) is 8.92. The zero-order valence-corrected chi connectivity index (χ0v) is 20.4. The van der Waals surface area contributed by atoms with Crippen LogP contribution in [0.4, 0.5) is 5.69 Å². The van der Waals surface area contributed by atoms with E-state index in [2.05, 4.69) is 5.32 Å². The number of rotatable bonds is 5. The van der Waals surface area contributed by atoms with Gasteiger partial charge < -0.3 is 14.5 Å². The SMILES string of the molecule is COc1cc2c(cc1NC(=O)[C@@H]1CCCN1S(=O)(=O)c1ccc3ccccc3c1)oc1ccccc12. The highest BCUT2D eigenvalue weighted by Crippen LogP contribution is 2.37. The standard InChI is InChI=1S/C28H24N2O5S/c1-34-27-16-22-21-9-4-5-11-25(21)35-26(22)17-23(27)29-28(31)24-10-6-14-30(24)36(32,33)20-13-12-18-7-2-3-8-19(18)15-20/h2-5,7-9,11-13,15-17,24H,6,10,14H2,1H3,(H,29,31)/t24-/m0/s1. The molecule has 1 amide bonds. The van der Waals surface area contributed by atoms with E-state index in [0.717, 1.165) is 27.1 Å². The van der Waals surface area contributed by atoms with Crippen molar-refractivity contribution >= 4 is 54.3 Å². The summed E-state index contributed by atoms with van der Waals surface area (Å²) in [6.07, 6.45) is 1.04. The van der Waals surface area contributed by atoms with Crippen molar-refractivity contribution in [2.24, 2.45) is 0 Å². The molecular formula is C28H24N2O5S. The first-order valence-electron chi connectivity index (χ1n) is 11.8. The Balaban J connectivity index is 1.31. The minimum Gasteiger partial charge on any atom is -0.495 e. The van der Waals surface area contributed by atoms with Crippen LogP contribution in [0.2, 0.25) is 0 Å². The number of benzene rings is 4. The Morgan fingerprint density at radius 1 is 0.944 bits per heavy atom.